The Hall–Kier alpha value is -4.28. The van der Waals surface area contributed by atoms with Crippen LogP contribution in [0.3, 0.4) is 0 Å². The molecular weight excluding hydrogens is 503 g/mol. The molecule has 1 heterocycles. The number of allylic oxidation sites excluding steroid dienone is 1. The van der Waals surface area contributed by atoms with E-state index in [4.69, 9.17) is 0 Å². The Labute approximate surface area is 205 Å². The first-order valence-electron chi connectivity index (χ1n) is 10.7. The summed E-state index contributed by atoms with van der Waals surface area (Å²) < 4.78 is 94.0. The molecule has 190 valence electrons. The molecule has 0 aliphatic rings. The highest BCUT2D eigenvalue weighted by Crippen LogP contribution is 2.36. The first-order valence-corrected chi connectivity index (χ1v) is 10.7. The lowest BCUT2D eigenvalue weighted by atomic mass is 10.0. The number of carbonyl (C=O) groups excluding carboxylic acids is 1. The summed E-state index contributed by atoms with van der Waals surface area (Å²) in [5.74, 6) is -1.07. The first-order chi connectivity index (χ1) is 17.4. The van der Waals surface area contributed by atoms with Crippen molar-refractivity contribution < 1.29 is 35.5 Å². The van der Waals surface area contributed by atoms with Gasteiger partial charge in [0.05, 0.1) is 17.7 Å². The van der Waals surface area contributed by atoms with Crippen LogP contribution < -0.4 is 0 Å². The zero-order valence-corrected chi connectivity index (χ0v) is 18.7. The van der Waals surface area contributed by atoms with E-state index in [2.05, 4.69) is 10.3 Å². The number of ketones is 1. The molecule has 0 spiro atoms. The molecule has 0 N–H and O–H groups in total. The number of benzene rings is 3. The predicted octanol–water partition coefficient (Wildman–Crippen LogP) is 7.07. The lowest BCUT2D eigenvalue weighted by Crippen LogP contribution is -2.13. The molecule has 4 nitrogen and oxygen atoms in total. The Kier molecular flexibility index (Phi) is 6.97. The van der Waals surface area contributed by atoms with Crippen molar-refractivity contribution in [3.05, 3.63) is 113 Å². The monoisotopic (exact) mass is 519 g/mol. The van der Waals surface area contributed by atoms with Gasteiger partial charge in [-0.25, -0.2) is 9.07 Å². The molecule has 0 saturated carbocycles. The van der Waals surface area contributed by atoms with Crippen molar-refractivity contribution in [3.63, 3.8) is 0 Å². The minimum absolute atomic E-state index is 0.0398. The van der Waals surface area contributed by atoms with E-state index >= 15 is 0 Å². The number of hydrogen-bond donors (Lipinski definition) is 0. The van der Waals surface area contributed by atoms with Crippen molar-refractivity contribution in [3.8, 4) is 11.3 Å². The largest absolute Gasteiger partial charge is 0.416 e. The van der Waals surface area contributed by atoms with Crippen molar-refractivity contribution in [2.24, 2.45) is 0 Å². The summed E-state index contributed by atoms with van der Waals surface area (Å²) in [6, 6.07) is 14.7. The summed E-state index contributed by atoms with van der Waals surface area (Å²) >= 11 is 0. The number of alkyl halides is 6. The van der Waals surface area contributed by atoms with Crippen LogP contribution in [0.2, 0.25) is 0 Å². The van der Waals surface area contributed by atoms with Gasteiger partial charge in [0, 0.05) is 5.56 Å². The van der Waals surface area contributed by atoms with E-state index in [0.717, 1.165) is 4.68 Å². The van der Waals surface area contributed by atoms with Crippen molar-refractivity contribution in [1.29, 1.82) is 0 Å². The van der Waals surface area contributed by atoms with Crippen LogP contribution in [0.1, 0.15) is 32.7 Å². The Morgan fingerprint density at radius 1 is 0.838 bits per heavy atom. The van der Waals surface area contributed by atoms with Crippen molar-refractivity contribution in [1.82, 2.24) is 15.0 Å². The Balaban J connectivity index is 1.76. The molecule has 0 amide bonds. The summed E-state index contributed by atoms with van der Waals surface area (Å²) in [7, 11) is 0. The van der Waals surface area contributed by atoms with E-state index in [1.165, 1.54) is 36.4 Å². The van der Waals surface area contributed by atoms with Gasteiger partial charge in [-0.05, 0) is 47.5 Å². The van der Waals surface area contributed by atoms with E-state index in [1.807, 2.05) is 0 Å². The second kappa shape index (κ2) is 10.00. The molecular formula is C26H16F7N3O. The molecule has 11 heteroatoms. The number of hydrogen-bond acceptors (Lipinski definition) is 3. The average molecular weight is 519 g/mol. The highest BCUT2D eigenvalue weighted by Gasteiger charge is 2.37. The van der Waals surface area contributed by atoms with Crippen LogP contribution in [-0.4, -0.2) is 20.8 Å². The van der Waals surface area contributed by atoms with E-state index in [9.17, 15) is 35.5 Å². The molecule has 3 aromatic carbocycles. The first kappa shape index (κ1) is 25.8. The summed E-state index contributed by atoms with van der Waals surface area (Å²) in [6.07, 6.45) is -7.43. The van der Waals surface area contributed by atoms with Gasteiger partial charge >= 0.3 is 12.4 Å². The molecule has 37 heavy (non-hydrogen) atoms. The summed E-state index contributed by atoms with van der Waals surface area (Å²) in [4.78, 5) is 12.9. The minimum Gasteiger partial charge on any atom is -0.287 e. The molecule has 0 radical (unpaired) electrons. The standard InChI is InChI=1S/C26H16F7N3O/c27-21-9-6-16(7-10-21)8-11-22(37)23-24(18-4-2-1-3-5-18)36(35-34-23)15-17-12-19(25(28,29)30)14-20(13-17)26(31,32)33/h1-14H,15H2/b11-8-. The summed E-state index contributed by atoms with van der Waals surface area (Å²) in [6.45, 7) is -0.515. The Bertz CT molecular complexity index is 1410. The molecule has 0 saturated heterocycles. The van der Waals surface area contributed by atoms with Crippen LogP contribution in [0.4, 0.5) is 30.7 Å². The van der Waals surface area contributed by atoms with Crippen LogP contribution in [0.25, 0.3) is 17.3 Å². The van der Waals surface area contributed by atoms with Gasteiger partial charge in [-0.2, -0.15) is 26.3 Å². The normalized spacial score (nSPS) is 12.3. The number of rotatable bonds is 6. The fraction of sp³-hybridized carbons (Fsp3) is 0.115. The quantitative estimate of drug-likeness (QED) is 0.156. The highest BCUT2D eigenvalue weighted by atomic mass is 19.4. The molecule has 0 aliphatic carbocycles. The zero-order chi connectivity index (χ0) is 26.8. The van der Waals surface area contributed by atoms with Crippen molar-refractivity contribution in [2.45, 2.75) is 18.9 Å². The van der Waals surface area contributed by atoms with E-state index in [1.54, 1.807) is 30.3 Å². The van der Waals surface area contributed by atoms with Gasteiger partial charge in [0.25, 0.3) is 0 Å². The van der Waals surface area contributed by atoms with Crippen molar-refractivity contribution in [2.75, 3.05) is 0 Å². The third kappa shape index (κ3) is 6.11. The number of aromatic nitrogens is 3. The van der Waals surface area contributed by atoms with Gasteiger partial charge in [0.2, 0.25) is 5.78 Å². The molecule has 4 rings (SSSR count). The van der Waals surface area contributed by atoms with Crippen LogP contribution in [0.15, 0.2) is 78.9 Å². The molecule has 0 atom stereocenters. The lowest BCUT2D eigenvalue weighted by Gasteiger charge is -2.15. The maximum atomic E-state index is 13.3. The maximum absolute atomic E-state index is 13.3. The zero-order valence-electron chi connectivity index (χ0n) is 18.7. The second-order valence-electron chi connectivity index (χ2n) is 7.97. The third-order valence-corrected chi connectivity index (χ3v) is 5.29. The number of carbonyl (C=O) groups is 1. The molecule has 0 bridgehead atoms. The molecule has 0 unspecified atom stereocenters. The third-order valence-electron chi connectivity index (χ3n) is 5.29. The molecule has 4 aromatic rings. The topological polar surface area (TPSA) is 47.8 Å². The highest BCUT2D eigenvalue weighted by molar-refractivity contribution is 6.09. The van der Waals surface area contributed by atoms with Crippen LogP contribution in [0, 0.1) is 5.82 Å². The summed E-state index contributed by atoms with van der Waals surface area (Å²) in [5, 5.41) is 7.72. The average Bonchev–Trinajstić information content (AvgIpc) is 3.26. The van der Waals surface area contributed by atoms with E-state index < -0.39 is 41.6 Å². The summed E-state index contributed by atoms with van der Waals surface area (Å²) in [5.41, 5.74) is -2.35. The van der Waals surface area contributed by atoms with E-state index in [-0.39, 0.29) is 23.0 Å². The van der Waals surface area contributed by atoms with Crippen molar-refractivity contribution >= 4 is 11.9 Å². The van der Waals surface area contributed by atoms with Gasteiger partial charge in [-0.3, -0.25) is 4.79 Å². The van der Waals surface area contributed by atoms with Gasteiger partial charge in [-0.1, -0.05) is 53.8 Å². The Morgan fingerprint density at radius 3 is 2.00 bits per heavy atom. The van der Waals surface area contributed by atoms with Crippen LogP contribution in [0.5, 0.6) is 0 Å². The predicted molar refractivity (Wildman–Crippen MR) is 121 cm³/mol. The Morgan fingerprint density at radius 2 is 1.43 bits per heavy atom. The van der Waals surface area contributed by atoms with Gasteiger partial charge in [0.15, 0.2) is 5.69 Å². The fourth-order valence-electron chi connectivity index (χ4n) is 3.58. The maximum Gasteiger partial charge on any atom is 0.416 e. The lowest BCUT2D eigenvalue weighted by molar-refractivity contribution is -0.143. The fourth-order valence-corrected chi connectivity index (χ4v) is 3.58. The SMILES string of the molecule is O=C(/C=C\c1ccc(F)cc1)c1nnn(Cc2cc(C(F)(F)F)cc(C(F)(F)F)c2)c1-c1ccccc1. The van der Waals surface area contributed by atoms with Gasteiger partial charge < -0.3 is 0 Å². The molecule has 0 fully saturated rings. The number of nitrogens with zero attached hydrogens (tertiary/aromatic N) is 3. The van der Waals surface area contributed by atoms with Gasteiger partial charge in [0.1, 0.15) is 11.5 Å². The van der Waals surface area contributed by atoms with Gasteiger partial charge in [-0.15, -0.1) is 5.10 Å². The smallest absolute Gasteiger partial charge is 0.287 e. The molecule has 1 aromatic heterocycles. The van der Waals surface area contributed by atoms with Crippen LogP contribution in [-0.2, 0) is 18.9 Å². The van der Waals surface area contributed by atoms with E-state index in [0.29, 0.717) is 23.3 Å². The molecule has 0 aliphatic heterocycles. The second-order valence-corrected chi connectivity index (χ2v) is 7.97. The van der Waals surface area contributed by atoms with Crippen LogP contribution >= 0.6 is 0 Å². The minimum atomic E-state index is -5.01. The number of halogens is 7.